The van der Waals surface area contributed by atoms with Crippen LogP contribution in [0, 0.1) is 5.41 Å². The van der Waals surface area contributed by atoms with E-state index in [0.29, 0.717) is 6.42 Å². The second-order valence-electron chi connectivity index (χ2n) is 7.03. The van der Waals surface area contributed by atoms with Crippen LogP contribution in [0.5, 0.6) is 0 Å². The predicted molar refractivity (Wildman–Crippen MR) is 81.4 cm³/mol. The molecule has 20 heavy (non-hydrogen) atoms. The van der Waals surface area contributed by atoms with Crippen molar-refractivity contribution in [2.24, 2.45) is 11.1 Å². The molecule has 3 N–H and O–H groups in total. The average Bonchev–Trinajstić information content (AvgIpc) is 2.67. The SMILES string of the molecule is CC(C)NC(=O)CCn1ccc2c1CC(C)(C)CC2N. The van der Waals surface area contributed by atoms with E-state index in [1.807, 2.05) is 13.8 Å². The number of aromatic nitrogens is 1. The van der Waals surface area contributed by atoms with Gasteiger partial charge in [0.15, 0.2) is 0 Å². The topological polar surface area (TPSA) is 60.0 Å². The first-order valence-electron chi connectivity index (χ1n) is 7.51. The Bertz CT molecular complexity index is 488. The maximum Gasteiger partial charge on any atom is 0.221 e. The van der Waals surface area contributed by atoms with E-state index in [4.69, 9.17) is 5.73 Å². The third-order valence-corrected chi connectivity index (χ3v) is 3.96. The molecule has 0 fully saturated rings. The summed E-state index contributed by atoms with van der Waals surface area (Å²) in [5.41, 5.74) is 9.07. The molecule has 0 aromatic carbocycles. The Morgan fingerprint density at radius 1 is 1.55 bits per heavy atom. The van der Waals surface area contributed by atoms with Gasteiger partial charge in [0.2, 0.25) is 5.91 Å². The van der Waals surface area contributed by atoms with Gasteiger partial charge in [0.05, 0.1) is 0 Å². The van der Waals surface area contributed by atoms with Crippen molar-refractivity contribution < 1.29 is 4.79 Å². The molecular weight excluding hydrogens is 250 g/mol. The summed E-state index contributed by atoms with van der Waals surface area (Å²) in [6.45, 7) is 9.22. The monoisotopic (exact) mass is 277 g/mol. The van der Waals surface area contributed by atoms with E-state index >= 15 is 0 Å². The first-order chi connectivity index (χ1) is 9.28. The minimum Gasteiger partial charge on any atom is -0.354 e. The van der Waals surface area contributed by atoms with Crippen molar-refractivity contribution in [1.82, 2.24) is 9.88 Å². The highest BCUT2D eigenvalue weighted by Crippen LogP contribution is 2.39. The minimum atomic E-state index is 0.113. The number of hydrogen-bond donors (Lipinski definition) is 2. The maximum absolute atomic E-state index is 11.8. The predicted octanol–water partition coefficient (Wildman–Crippen LogP) is 2.38. The molecule has 4 heteroatoms. The van der Waals surface area contributed by atoms with Crippen LogP contribution in [0.4, 0.5) is 0 Å². The van der Waals surface area contributed by atoms with Gasteiger partial charge in [0, 0.05) is 36.9 Å². The van der Waals surface area contributed by atoms with Crippen LogP contribution in [0.2, 0.25) is 0 Å². The summed E-state index contributed by atoms with van der Waals surface area (Å²) in [4.78, 5) is 11.8. The first kappa shape index (κ1) is 15.1. The second kappa shape index (κ2) is 5.60. The molecule has 1 aromatic rings. The van der Waals surface area contributed by atoms with Crippen LogP contribution < -0.4 is 11.1 Å². The summed E-state index contributed by atoms with van der Waals surface area (Å²) in [6, 6.07) is 2.45. The van der Waals surface area contributed by atoms with Crippen molar-refractivity contribution in [3.05, 3.63) is 23.5 Å². The number of rotatable bonds is 4. The molecule has 4 nitrogen and oxygen atoms in total. The van der Waals surface area contributed by atoms with Gasteiger partial charge in [0.1, 0.15) is 0 Å². The quantitative estimate of drug-likeness (QED) is 0.887. The molecule has 0 bridgehead atoms. The lowest BCUT2D eigenvalue weighted by molar-refractivity contribution is -0.121. The number of hydrogen-bond acceptors (Lipinski definition) is 2. The minimum absolute atomic E-state index is 0.113. The van der Waals surface area contributed by atoms with Gasteiger partial charge >= 0.3 is 0 Å². The van der Waals surface area contributed by atoms with Crippen molar-refractivity contribution in [2.75, 3.05) is 0 Å². The van der Waals surface area contributed by atoms with Crippen LogP contribution in [0.15, 0.2) is 12.3 Å². The Balaban J connectivity index is 2.06. The van der Waals surface area contributed by atoms with E-state index in [-0.39, 0.29) is 23.4 Å². The zero-order chi connectivity index (χ0) is 14.9. The number of aryl methyl sites for hydroxylation is 1. The Labute approximate surface area is 121 Å². The van der Waals surface area contributed by atoms with E-state index in [1.54, 1.807) is 0 Å². The highest BCUT2D eigenvalue weighted by Gasteiger charge is 2.32. The zero-order valence-corrected chi connectivity index (χ0v) is 13.1. The normalized spacial score (nSPS) is 20.8. The third-order valence-electron chi connectivity index (χ3n) is 3.96. The number of carbonyl (C=O) groups excluding carboxylic acids is 1. The summed E-state index contributed by atoms with van der Waals surface area (Å²) < 4.78 is 2.20. The third kappa shape index (κ3) is 3.42. The van der Waals surface area contributed by atoms with Crippen LogP contribution in [0.25, 0.3) is 0 Å². The van der Waals surface area contributed by atoms with Crippen LogP contribution in [0.1, 0.15) is 57.8 Å². The molecule has 1 aromatic heterocycles. The molecule has 1 heterocycles. The highest BCUT2D eigenvalue weighted by atomic mass is 16.1. The Kier molecular flexibility index (Phi) is 4.23. The molecule has 1 amide bonds. The second-order valence-corrected chi connectivity index (χ2v) is 7.03. The van der Waals surface area contributed by atoms with E-state index in [0.717, 1.165) is 19.4 Å². The van der Waals surface area contributed by atoms with Gasteiger partial charge < -0.3 is 15.6 Å². The molecule has 0 saturated heterocycles. The van der Waals surface area contributed by atoms with Gasteiger partial charge in [-0.25, -0.2) is 0 Å². The van der Waals surface area contributed by atoms with Crippen LogP contribution in [-0.2, 0) is 17.8 Å². The molecule has 2 rings (SSSR count). The molecule has 0 aliphatic heterocycles. The number of nitrogens with one attached hydrogen (secondary N) is 1. The van der Waals surface area contributed by atoms with Gasteiger partial charge in [-0.05, 0) is 43.7 Å². The van der Waals surface area contributed by atoms with Crippen molar-refractivity contribution >= 4 is 5.91 Å². The Hall–Kier alpha value is -1.29. The number of nitrogens with two attached hydrogens (primary N) is 1. The molecule has 0 spiro atoms. The molecule has 1 aliphatic rings. The number of fused-ring (bicyclic) bond motifs is 1. The van der Waals surface area contributed by atoms with Crippen molar-refractivity contribution in [2.45, 2.75) is 65.6 Å². The molecule has 1 atom stereocenters. The van der Waals surface area contributed by atoms with Gasteiger partial charge in [0.25, 0.3) is 0 Å². The summed E-state index contributed by atoms with van der Waals surface area (Å²) in [5.74, 6) is 0.113. The summed E-state index contributed by atoms with van der Waals surface area (Å²) in [7, 11) is 0. The average molecular weight is 277 g/mol. The van der Waals surface area contributed by atoms with Crippen molar-refractivity contribution in [1.29, 1.82) is 0 Å². The summed E-state index contributed by atoms with van der Waals surface area (Å²) in [6.07, 6.45) is 4.66. The summed E-state index contributed by atoms with van der Waals surface area (Å²) >= 11 is 0. The molecule has 112 valence electrons. The van der Waals surface area contributed by atoms with Gasteiger partial charge in [-0.1, -0.05) is 13.8 Å². The highest BCUT2D eigenvalue weighted by molar-refractivity contribution is 5.76. The Morgan fingerprint density at radius 2 is 2.25 bits per heavy atom. The summed E-state index contributed by atoms with van der Waals surface area (Å²) in [5, 5.41) is 2.93. The zero-order valence-electron chi connectivity index (χ0n) is 13.1. The fraction of sp³-hybridized carbons (Fsp3) is 0.688. The number of carbonyl (C=O) groups is 1. The van der Waals surface area contributed by atoms with Gasteiger partial charge in [-0.15, -0.1) is 0 Å². The van der Waals surface area contributed by atoms with E-state index < -0.39 is 0 Å². The fourth-order valence-corrected chi connectivity index (χ4v) is 3.12. The smallest absolute Gasteiger partial charge is 0.221 e. The maximum atomic E-state index is 11.8. The number of nitrogens with zero attached hydrogens (tertiary/aromatic N) is 1. The van der Waals surface area contributed by atoms with E-state index in [2.05, 4.69) is 36.0 Å². The van der Waals surface area contributed by atoms with Crippen LogP contribution >= 0.6 is 0 Å². The van der Waals surface area contributed by atoms with Crippen LogP contribution in [-0.4, -0.2) is 16.5 Å². The van der Waals surface area contributed by atoms with Crippen LogP contribution in [0.3, 0.4) is 0 Å². The van der Waals surface area contributed by atoms with E-state index in [9.17, 15) is 4.79 Å². The van der Waals surface area contributed by atoms with Gasteiger partial charge in [-0.3, -0.25) is 4.79 Å². The molecule has 0 radical (unpaired) electrons. The number of amides is 1. The molecular formula is C16H27N3O. The fourth-order valence-electron chi connectivity index (χ4n) is 3.12. The van der Waals surface area contributed by atoms with Gasteiger partial charge in [-0.2, -0.15) is 0 Å². The standard InChI is InChI=1S/C16H27N3O/c1-11(2)18-15(20)6-8-19-7-5-12-13(17)9-16(3,4)10-14(12)19/h5,7,11,13H,6,8-10,17H2,1-4H3,(H,18,20). The molecule has 1 unspecified atom stereocenters. The van der Waals surface area contributed by atoms with Crippen molar-refractivity contribution in [3.63, 3.8) is 0 Å². The largest absolute Gasteiger partial charge is 0.354 e. The lowest BCUT2D eigenvalue weighted by atomic mass is 9.74. The molecule has 1 aliphatic carbocycles. The molecule has 0 saturated carbocycles. The first-order valence-corrected chi connectivity index (χ1v) is 7.51. The van der Waals surface area contributed by atoms with E-state index in [1.165, 1.54) is 11.3 Å². The Morgan fingerprint density at radius 3 is 2.90 bits per heavy atom. The lowest BCUT2D eigenvalue weighted by Crippen LogP contribution is -2.32. The van der Waals surface area contributed by atoms with Crippen molar-refractivity contribution in [3.8, 4) is 0 Å². The lowest BCUT2D eigenvalue weighted by Gasteiger charge is -2.34.